The number of anilines is 3. The summed E-state index contributed by atoms with van der Waals surface area (Å²) in [5.41, 5.74) is 13.6. The van der Waals surface area contributed by atoms with Crippen molar-refractivity contribution in [2.24, 2.45) is 4.99 Å². The minimum atomic E-state index is -0.763. The van der Waals surface area contributed by atoms with Gasteiger partial charge in [0.2, 0.25) is 11.8 Å². The molecule has 13 heteroatoms. The molecule has 1 aliphatic heterocycles. The van der Waals surface area contributed by atoms with E-state index < -0.39 is 12.0 Å². The Kier molecular flexibility index (Phi) is 6.38. The Labute approximate surface area is 204 Å². The molecular weight excluding hydrogens is 466 g/mol. The van der Waals surface area contributed by atoms with Crippen molar-refractivity contribution in [1.29, 1.82) is 10.5 Å². The summed E-state index contributed by atoms with van der Waals surface area (Å²) in [6.45, 7) is 0. The van der Waals surface area contributed by atoms with Crippen LogP contribution in [0, 0.1) is 22.8 Å². The fraction of sp³-hybridized carbons (Fsp3) is 0.130. The predicted molar refractivity (Wildman–Crippen MR) is 128 cm³/mol. The lowest BCUT2D eigenvalue weighted by Crippen LogP contribution is -2.32. The van der Waals surface area contributed by atoms with Gasteiger partial charge in [0.05, 0.1) is 25.5 Å². The van der Waals surface area contributed by atoms with Gasteiger partial charge in [0, 0.05) is 17.8 Å². The van der Waals surface area contributed by atoms with Crippen LogP contribution in [0.3, 0.4) is 0 Å². The van der Waals surface area contributed by atoms with Crippen molar-refractivity contribution in [2.45, 2.75) is 6.04 Å². The quantitative estimate of drug-likeness (QED) is 0.233. The smallest absolute Gasteiger partial charge is 0.338 e. The molecule has 2 aromatic heterocycles. The maximum atomic E-state index is 11.8. The van der Waals surface area contributed by atoms with Crippen molar-refractivity contribution in [1.82, 2.24) is 15.3 Å². The van der Waals surface area contributed by atoms with Crippen LogP contribution in [0.5, 0.6) is 17.4 Å². The van der Waals surface area contributed by atoms with Crippen LogP contribution >= 0.6 is 0 Å². The molecule has 3 aromatic rings. The van der Waals surface area contributed by atoms with E-state index in [1.54, 1.807) is 24.4 Å². The van der Waals surface area contributed by atoms with Crippen LogP contribution in [-0.2, 0) is 4.74 Å². The maximum Gasteiger partial charge on any atom is 0.338 e. The van der Waals surface area contributed by atoms with Gasteiger partial charge >= 0.3 is 5.97 Å². The number of nitrogens with two attached hydrogens (primary N) is 2. The monoisotopic (exact) mass is 485 g/mol. The molecule has 1 atom stereocenters. The second kappa shape index (κ2) is 9.74. The minimum Gasteiger partial charge on any atom is -0.493 e. The summed E-state index contributed by atoms with van der Waals surface area (Å²) in [7, 11) is 2.73. The third-order valence-corrected chi connectivity index (χ3v) is 5.23. The molecule has 6 N–H and O–H groups in total. The summed E-state index contributed by atoms with van der Waals surface area (Å²) in [5.74, 6) is 0.575. The fourth-order valence-electron chi connectivity index (χ4n) is 3.58. The van der Waals surface area contributed by atoms with Crippen molar-refractivity contribution in [3.05, 3.63) is 58.8 Å². The predicted octanol–water partition coefficient (Wildman–Crippen LogP) is 2.04. The number of aliphatic imine (C=N–C) groups is 1. The lowest BCUT2D eigenvalue weighted by molar-refractivity contribution is 0.0600. The molecule has 0 aliphatic carbocycles. The zero-order valence-corrected chi connectivity index (χ0v) is 19.1. The Morgan fingerprint density at radius 3 is 2.67 bits per heavy atom. The number of carbonyl (C=O) groups excluding carboxylic acids is 1. The summed E-state index contributed by atoms with van der Waals surface area (Å²) in [4.78, 5) is 24.7. The number of nitrogens with zero attached hydrogens (tertiary/aromatic N) is 5. The van der Waals surface area contributed by atoms with Crippen LogP contribution in [0.4, 0.5) is 17.3 Å². The number of methoxy groups -OCH3 is 2. The molecule has 1 aromatic carbocycles. The number of benzene rings is 1. The van der Waals surface area contributed by atoms with Gasteiger partial charge in [0.15, 0.2) is 17.7 Å². The van der Waals surface area contributed by atoms with E-state index in [4.69, 9.17) is 30.9 Å². The number of fused-ring (bicyclic) bond motifs is 1. The summed E-state index contributed by atoms with van der Waals surface area (Å²) in [6.07, 6.45) is 3.21. The highest BCUT2D eigenvalue weighted by Crippen LogP contribution is 2.43. The zero-order chi connectivity index (χ0) is 25.8. The van der Waals surface area contributed by atoms with E-state index in [1.165, 1.54) is 32.5 Å². The van der Waals surface area contributed by atoms with Crippen molar-refractivity contribution in [2.75, 3.05) is 31.0 Å². The second-order valence-corrected chi connectivity index (χ2v) is 7.29. The van der Waals surface area contributed by atoms with E-state index in [2.05, 4.69) is 25.6 Å². The zero-order valence-electron chi connectivity index (χ0n) is 19.1. The molecule has 0 amide bonds. The molecule has 4 rings (SSSR count). The minimum absolute atomic E-state index is 0.0240. The van der Waals surface area contributed by atoms with Crippen LogP contribution in [-0.4, -0.2) is 36.1 Å². The first kappa shape index (κ1) is 23.6. The normalized spacial score (nSPS) is 13.7. The number of nitrogens with one attached hydrogen (secondary N) is 2. The molecule has 3 heterocycles. The van der Waals surface area contributed by atoms with Crippen molar-refractivity contribution >= 4 is 29.3 Å². The summed E-state index contributed by atoms with van der Waals surface area (Å²) >= 11 is 0. The molecule has 0 saturated carbocycles. The van der Waals surface area contributed by atoms with Gasteiger partial charge in [-0.2, -0.15) is 10.5 Å². The van der Waals surface area contributed by atoms with Crippen molar-refractivity contribution < 1.29 is 19.0 Å². The highest BCUT2D eigenvalue weighted by molar-refractivity contribution is 5.98. The molecule has 0 saturated heterocycles. The number of nitrogen functional groups attached to an aromatic ring is 2. The second-order valence-electron chi connectivity index (χ2n) is 7.29. The average molecular weight is 485 g/mol. The van der Waals surface area contributed by atoms with E-state index in [9.17, 15) is 10.1 Å². The standard InChI is InChI=1S/C23H19N9O4/c1-34-15-7-11(3-4-14(15)36-16-8-12(5-6-28-16)22(33)35-2)19-17-18(26)13(9-24)20(27)31-21(17)32-23(30-19)29-10-25/h3-8,19H,1-2H3,(H6,26,27,29,30,31,32). The van der Waals surface area contributed by atoms with Gasteiger partial charge in [-0.05, 0) is 23.8 Å². The molecule has 0 bridgehead atoms. The number of ether oxygens (including phenoxy) is 3. The molecule has 0 spiro atoms. The topological polar surface area (TPSA) is 207 Å². The highest BCUT2D eigenvalue weighted by Gasteiger charge is 2.30. The van der Waals surface area contributed by atoms with E-state index in [0.29, 0.717) is 22.6 Å². The molecular formula is C23H19N9O4. The third kappa shape index (κ3) is 4.32. The first-order valence-corrected chi connectivity index (χ1v) is 10.3. The highest BCUT2D eigenvalue weighted by atomic mass is 16.5. The lowest BCUT2D eigenvalue weighted by Gasteiger charge is -2.26. The van der Waals surface area contributed by atoms with E-state index in [-0.39, 0.29) is 40.3 Å². The Bertz CT molecular complexity index is 1470. The number of hydrogen-bond acceptors (Lipinski definition) is 13. The van der Waals surface area contributed by atoms with Gasteiger partial charge in [0.25, 0.3) is 0 Å². The Morgan fingerprint density at radius 1 is 1.17 bits per heavy atom. The summed E-state index contributed by atoms with van der Waals surface area (Å²) < 4.78 is 16.1. The van der Waals surface area contributed by atoms with E-state index in [0.717, 1.165) is 0 Å². The van der Waals surface area contributed by atoms with Gasteiger partial charge < -0.3 is 31.0 Å². The SMILES string of the molecule is COC(=O)c1ccnc(Oc2ccc(C3N=C(NC#N)Nc4nc(N)c(C#N)c(N)c43)cc2OC)c1. The number of pyridine rings is 2. The molecule has 13 nitrogen and oxygen atoms in total. The van der Waals surface area contributed by atoms with Crippen LogP contribution in [0.2, 0.25) is 0 Å². The average Bonchev–Trinajstić information content (AvgIpc) is 2.88. The Hall–Kier alpha value is -5.56. The van der Waals surface area contributed by atoms with Gasteiger partial charge in [-0.25, -0.2) is 19.8 Å². The van der Waals surface area contributed by atoms with Crippen molar-refractivity contribution in [3.8, 4) is 29.6 Å². The van der Waals surface area contributed by atoms with Gasteiger partial charge in [-0.3, -0.25) is 5.32 Å². The number of carbonyl (C=O) groups is 1. The van der Waals surface area contributed by atoms with Crippen LogP contribution in [0.1, 0.15) is 33.1 Å². The van der Waals surface area contributed by atoms with E-state index >= 15 is 0 Å². The Morgan fingerprint density at radius 2 is 1.97 bits per heavy atom. The van der Waals surface area contributed by atoms with Crippen LogP contribution < -0.4 is 31.6 Å². The van der Waals surface area contributed by atoms with E-state index in [1.807, 2.05) is 6.07 Å². The largest absolute Gasteiger partial charge is 0.493 e. The maximum absolute atomic E-state index is 11.8. The molecule has 36 heavy (non-hydrogen) atoms. The number of esters is 1. The number of aromatic nitrogens is 2. The first-order chi connectivity index (χ1) is 17.4. The third-order valence-electron chi connectivity index (χ3n) is 5.23. The lowest BCUT2D eigenvalue weighted by atomic mass is 9.95. The number of rotatable bonds is 5. The fourth-order valence-corrected chi connectivity index (χ4v) is 3.58. The molecule has 1 aliphatic rings. The number of nitriles is 2. The molecule has 0 radical (unpaired) electrons. The van der Waals surface area contributed by atoms with Gasteiger partial charge in [-0.1, -0.05) is 6.07 Å². The van der Waals surface area contributed by atoms with Crippen LogP contribution in [0.15, 0.2) is 41.5 Å². The van der Waals surface area contributed by atoms with Gasteiger partial charge in [0.1, 0.15) is 29.3 Å². The Balaban J connectivity index is 1.77. The molecule has 180 valence electrons. The summed E-state index contributed by atoms with van der Waals surface area (Å²) in [5, 5.41) is 23.9. The molecule has 0 fully saturated rings. The number of hydrogen-bond donors (Lipinski definition) is 4. The first-order valence-electron chi connectivity index (χ1n) is 10.3. The number of guanidine groups is 1. The van der Waals surface area contributed by atoms with Crippen LogP contribution in [0.25, 0.3) is 0 Å². The van der Waals surface area contributed by atoms with Gasteiger partial charge in [-0.15, -0.1) is 0 Å². The summed E-state index contributed by atoms with van der Waals surface area (Å²) in [6, 6.07) is 9.12. The van der Waals surface area contributed by atoms with Crippen molar-refractivity contribution in [3.63, 3.8) is 0 Å². The molecule has 1 unspecified atom stereocenters.